The lowest BCUT2D eigenvalue weighted by molar-refractivity contribution is 0.0515. The second-order valence-corrected chi connectivity index (χ2v) is 22.9. The first-order valence-electron chi connectivity index (χ1n) is 25.7. The van der Waals surface area contributed by atoms with Crippen LogP contribution < -0.4 is 0 Å². The van der Waals surface area contributed by atoms with Gasteiger partial charge in [-0.25, -0.2) is 16.8 Å². The van der Waals surface area contributed by atoms with Gasteiger partial charge in [0.2, 0.25) is 20.0 Å². The molecule has 0 aromatic heterocycles. The maximum absolute atomic E-state index is 14.2. The summed E-state index contributed by atoms with van der Waals surface area (Å²) < 4.78 is 85.1. The lowest BCUT2D eigenvalue weighted by atomic mass is 9.96. The summed E-state index contributed by atoms with van der Waals surface area (Å²) in [5, 5.41) is 9.30. The Hall–Kier alpha value is -5.62. The third-order valence-electron chi connectivity index (χ3n) is 14.0. The number of benzene rings is 8. The molecule has 14 heteroatoms. The molecule has 1 aliphatic rings. The largest absolute Gasteiger partial charge is 0.379 e. The van der Waals surface area contributed by atoms with Crippen molar-refractivity contribution in [1.29, 1.82) is 0 Å². The molecule has 1 fully saturated rings. The minimum absolute atomic E-state index is 0.149. The van der Waals surface area contributed by atoms with Crippen LogP contribution in [0.1, 0.15) is 22.3 Å². The van der Waals surface area contributed by atoms with Crippen LogP contribution in [0.5, 0.6) is 0 Å². The van der Waals surface area contributed by atoms with Gasteiger partial charge < -0.3 is 18.9 Å². The van der Waals surface area contributed by atoms with Crippen LogP contribution in [0.25, 0.3) is 43.1 Å². The van der Waals surface area contributed by atoms with E-state index in [9.17, 15) is 16.8 Å². The SMILES string of the molecule is Cc1ccc(S(=O)(=O)N2CCOCCN(Cc3c4ccccc4cc4ccccc34)CCOCCN(S(=O)(=O)c3ccc(C)cc3)CCOCCN(Cc3c4ccccc4cc4ccccc34)CCOCC2)cc1. The first-order valence-corrected chi connectivity index (χ1v) is 28.6. The molecule has 0 spiro atoms. The van der Waals surface area contributed by atoms with Gasteiger partial charge in [0.05, 0.1) is 62.6 Å². The summed E-state index contributed by atoms with van der Waals surface area (Å²) in [5.41, 5.74) is 4.35. The Bertz CT molecular complexity index is 3000. The smallest absolute Gasteiger partial charge is 0.243 e. The molecule has 388 valence electrons. The number of hydrogen-bond acceptors (Lipinski definition) is 10. The molecule has 0 saturated carbocycles. The van der Waals surface area contributed by atoms with E-state index in [1.807, 2.05) is 38.1 Å². The molecule has 0 unspecified atom stereocenters. The average Bonchev–Trinajstić information content (AvgIpc) is 3.41. The number of sulfonamides is 2. The van der Waals surface area contributed by atoms with Gasteiger partial charge in [-0.1, -0.05) is 132 Å². The van der Waals surface area contributed by atoms with E-state index in [1.165, 1.54) is 41.3 Å². The van der Waals surface area contributed by atoms with Crippen molar-refractivity contribution in [3.8, 4) is 0 Å². The van der Waals surface area contributed by atoms with Crippen molar-refractivity contribution in [2.24, 2.45) is 0 Å². The Morgan fingerprint density at radius 2 is 0.608 bits per heavy atom. The van der Waals surface area contributed by atoms with Crippen LogP contribution in [-0.4, -0.2) is 140 Å². The normalized spacial score (nSPS) is 17.4. The Morgan fingerprint density at radius 1 is 0.351 bits per heavy atom. The van der Waals surface area contributed by atoms with Crippen molar-refractivity contribution >= 4 is 63.1 Å². The summed E-state index contributed by atoms with van der Waals surface area (Å²) in [7, 11) is -7.74. The van der Waals surface area contributed by atoms with Crippen molar-refractivity contribution < 1.29 is 35.8 Å². The number of rotatable bonds is 8. The van der Waals surface area contributed by atoms with Crippen molar-refractivity contribution in [3.63, 3.8) is 0 Å². The van der Waals surface area contributed by atoms with Crippen LogP contribution in [0.15, 0.2) is 168 Å². The van der Waals surface area contributed by atoms with Crippen molar-refractivity contribution in [2.45, 2.75) is 36.7 Å². The van der Waals surface area contributed by atoms with E-state index >= 15 is 0 Å². The first-order chi connectivity index (χ1) is 36.0. The van der Waals surface area contributed by atoms with Gasteiger partial charge in [-0.05, 0) is 104 Å². The number of hydrogen-bond donors (Lipinski definition) is 0. The zero-order chi connectivity index (χ0) is 51.3. The van der Waals surface area contributed by atoms with Gasteiger partial charge in [0.1, 0.15) is 0 Å². The Morgan fingerprint density at radius 3 is 0.892 bits per heavy atom. The molecule has 9 rings (SSSR count). The second-order valence-electron chi connectivity index (χ2n) is 19.0. The fourth-order valence-electron chi connectivity index (χ4n) is 9.82. The van der Waals surface area contributed by atoms with E-state index in [0.29, 0.717) is 65.7 Å². The highest BCUT2D eigenvalue weighted by Gasteiger charge is 2.26. The van der Waals surface area contributed by atoms with E-state index in [-0.39, 0.29) is 62.4 Å². The summed E-state index contributed by atoms with van der Waals surface area (Å²) in [6.07, 6.45) is 0. The predicted molar refractivity (Wildman–Crippen MR) is 297 cm³/mol. The quantitative estimate of drug-likeness (QED) is 0.136. The number of nitrogens with zero attached hydrogens (tertiary/aromatic N) is 4. The molecule has 12 nitrogen and oxygen atoms in total. The Balaban J connectivity index is 0.959. The van der Waals surface area contributed by atoms with E-state index in [0.717, 1.165) is 32.7 Å². The molecule has 8 aromatic carbocycles. The van der Waals surface area contributed by atoms with Crippen LogP contribution in [0, 0.1) is 13.8 Å². The third-order valence-corrected chi connectivity index (χ3v) is 17.8. The standard InChI is InChI=1S/C60H68N4O8S2/c1-47-19-23-53(24-20-47)73(65,66)63-31-39-69-35-27-61(45-59-55-15-7-3-11-49(55)43-50-12-4-8-16-56(50)59)29-37-71-41-33-64(74(67,68)54-25-21-48(2)22-26-54)34-42-72-38-30-62(28-36-70-40-32-63)46-60-57-17-9-5-13-51(57)44-52-14-6-10-18-58(52)60/h3-26,43-44H,27-42,45-46H2,1-2H3. The zero-order valence-electron chi connectivity index (χ0n) is 42.6. The molecule has 8 aromatic rings. The highest BCUT2D eigenvalue weighted by molar-refractivity contribution is 7.89. The number of fused-ring (bicyclic) bond motifs is 4. The van der Waals surface area contributed by atoms with E-state index < -0.39 is 20.0 Å². The molecule has 1 aliphatic heterocycles. The molecule has 1 saturated heterocycles. The third kappa shape index (κ3) is 13.2. The van der Waals surface area contributed by atoms with Crippen molar-refractivity contribution in [1.82, 2.24) is 18.4 Å². The van der Waals surface area contributed by atoms with E-state index in [2.05, 4.69) is 119 Å². The van der Waals surface area contributed by atoms with Gasteiger partial charge in [-0.15, -0.1) is 0 Å². The summed E-state index contributed by atoms with van der Waals surface area (Å²) in [5.74, 6) is 0. The van der Waals surface area contributed by atoms with Crippen LogP contribution >= 0.6 is 0 Å². The molecule has 0 N–H and O–H groups in total. The minimum Gasteiger partial charge on any atom is -0.379 e. The van der Waals surface area contributed by atoms with Crippen LogP contribution in [0.2, 0.25) is 0 Å². The lowest BCUT2D eigenvalue weighted by Gasteiger charge is -2.27. The second kappa shape index (κ2) is 25.3. The van der Waals surface area contributed by atoms with Crippen molar-refractivity contribution in [3.05, 3.63) is 180 Å². The average molecular weight is 1040 g/mol. The number of aryl methyl sites for hydroxylation is 2. The summed E-state index contributed by atoms with van der Waals surface area (Å²) in [4.78, 5) is 5.05. The molecule has 74 heavy (non-hydrogen) atoms. The van der Waals surface area contributed by atoms with Gasteiger partial charge in [0.25, 0.3) is 0 Å². The predicted octanol–water partition coefficient (Wildman–Crippen LogP) is 9.68. The van der Waals surface area contributed by atoms with Gasteiger partial charge in [-0.3, -0.25) is 9.80 Å². The molecule has 1 heterocycles. The molecule has 0 aliphatic carbocycles. The van der Waals surface area contributed by atoms with Crippen LogP contribution in [-0.2, 0) is 52.1 Å². The fraction of sp³-hybridized carbons (Fsp3) is 0.333. The maximum Gasteiger partial charge on any atom is 0.243 e. The molecule has 0 amide bonds. The van der Waals surface area contributed by atoms with E-state index in [4.69, 9.17) is 18.9 Å². The van der Waals surface area contributed by atoms with Crippen LogP contribution in [0.3, 0.4) is 0 Å². The molecule has 0 atom stereocenters. The highest BCUT2D eigenvalue weighted by atomic mass is 32.2. The Labute approximate surface area is 437 Å². The molecular weight excluding hydrogens is 969 g/mol. The fourth-order valence-corrected chi connectivity index (χ4v) is 12.6. The summed E-state index contributed by atoms with van der Waals surface area (Å²) >= 11 is 0. The molecule has 0 radical (unpaired) electrons. The zero-order valence-corrected chi connectivity index (χ0v) is 44.2. The van der Waals surface area contributed by atoms with Crippen molar-refractivity contribution in [2.75, 3.05) is 105 Å². The lowest BCUT2D eigenvalue weighted by Crippen LogP contribution is -2.38. The Kier molecular flexibility index (Phi) is 18.2. The van der Waals surface area contributed by atoms with Gasteiger partial charge in [-0.2, -0.15) is 8.61 Å². The van der Waals surface area contributed by atoms with Gasteiger partial charge in [0.15, 0.2) is 0 Å². The minimum atomic E-state index is -3.87. The monoisotopic (exact) mass is 1040 g/mol. The van der Waals surface area contributed by atoms with Gasteiger partial charge in [0, 0.05) is 65.4 Å². The highest BCUT2D eigenvalue weighted by Crippen LogP contribution is 2.31. The maximum atomic E-state index is 14.2. The van der Waals surface area contributed by atoms with E-state index in [1.54, 1.807) is 24.3 Å². The summed E-state index contributed by atoms with van der Waals surface area (Å²) in [6.45, 7) is 10.0. The first kappa shape index (κ1) is 53.2. The molecular formula is C60H68N4O8S2. The topological polar surface area (TPSA) is 118 Å². The van der Waals surface area contributed by atoms with Gasteiger partial charge >= 0.3 is 0 Å². The number of ether oxygens (including phenoxy) is 4. The molecule has 0 bridgehead atoms. The summed E-state index contributed by atoms with van der Waals surface area (Å²) in [6, 6.07) is 52.1. The van der Waals surface area contributed by atoms with Crippen LogP contribution in [0.4, 0.5) is 0 Å².